The smallest absolute Gasteiger partial charge is 0.253 e. The summed E-state index contributed by atoms with van der Waals surface area (Å²) < 4.78 is 0. The fraction of sp³-hybridized carbons (Fsp3) is 0.611. The number of fused-ring (bicyclic) bond motifs is 1. The Morgan fingerprint density at radius 2 is 2.10 bits per heavy atom. The van der Waals surface area contributed by atoms with E-state index in [0.717, 1.165) is 37.1 Å². The van der Waals surface area contributed by atoms with Crippen LogP contribution in [0, 0.1) is 11.8 Å². The Bertz CT molecular complexity index is 526. The highest BCUT2D eigenvalue weighted by molar-refractivity contribution is 6.00. The molecule has 1 fully saturated rings. The first-order chi connectivity index (χ1) is 10.2. The second kappa shape index (κ2) is 6.08. The quantitative estimate of drug-likeness (QED) is 0.872. The van der Waals surface area contributed by atoms with Crippen LogP contribution in [-0.4, -0.2) is 18.5 Å². The number of benzene rings is 1. The third-order valence-corrected chi connectivity index (χ3v) is 5.34. The van der Waals surface area contributed by atoms with Crippen molar-refractivity contribution in [1.29, 1.82) is 0 Å². The Labute approximate surface area is 127 Å². The Morgan fingerprint density at radius 1 is 1.24 bits per heavy atom. The summed E-state index contributed by atoms with van der Waals surface area (Å²) in [4.78, 5) is 12.7. The monoisotopic (exact) mass is 286 g/mol. The van der Waals surface area contributed by atoms with E-state index in [1.54, 1.807) is 0 Å². The lowest BCUT2D eigenvalue weighted by Gasteiger charge is -2.35. The van der Waals surface area contributed by atoms with Crippen LogP contribution in [0.1, 0.15) is 55.5 Å². The molecule has 0 aromatic heterocycles. The zero-order valence-corrected chi connectivity index (χ0v) is 13.1. The number of hydrogen-bond acceptors (Lipinski definition) is 2. The van der Waals surface area contributed by atoms with Gasteiger partial charge < -0.3 is 10.6 Å². The standard InChI is InChI=1S/C18H26N2O/c1-12-6-3-10-16(13(12)2)20-18(21)15-9-4-7-14-8-5-11-19-17(14)15/h4,7,9,12-13,16,19H,3,5-6,8,10-11H2,1-2H3,(H,20,21). The molecule has 3 nitrogen and oxygen atoms in total. The normalized spacial score (nSPS) is 28.4. The molecule has 1 heterocycles. The fourth-order valence-electron chi connectivity index (χ4n) is 3.73. The van der Waals surface area contributed by atoms with Crippen LogP contribution in [0.3, 0.4) is 0 Å². The van der Waals surface area contributed by atoms with Crippen LogP contribution in [0.25, 0.3) is 0 Å². The van der Waals surface area contributed by atoms with E-state index in [9.17, 15) is 4.79 Å². The summed E-state index contributed by atoms with van der Waals surface area (Å²) in [5, 5.41) is 6.70. The molecule has 3 rings (SSSR count). The number of amides is 1. The Hall–Kier alpha value is -1.51. The molecule has 2 N–H and O–H groups in total. The topological polar surface area (TPSA) is 41.1 Å². The summed E-state index contributed by atoms with van der Waals surface area (Å²) >= 11 is 0. The van der Waals surface area contributed by atoms with Crippen molar-refractivity contribution in [3.05, 3.63) is 29.3 Å². The highest BCUT2D eigenvalue weighted by Crippen LogP contribution is 2.31. The molecule has 0 radical (unpaired) electrons. The Kier molecular flexibility index (Phi) is 4.18. The molecule has 1 aliphatic carbocycles. The third kappa shape index (κ3) is 2.92. The number of aryl methyl sites for hydroxylation is 1. The minimum Gasteiger partial charge on any atom is -0.384 e. The van der Waals surface area contributed by atoms with Gasteiger partial charge >= 0.3 is 0 Å². The van der Waals surface area contributed by atoms with Crippen molar-refractivity contribution in [2.24, 2.45) is 11.8 Å². The molecule has 1 amide bonds. The molecule has 1 aromatic rings. The number of carbonyl (C=O) groups excluding carboxylic acids is 1. The van der Waals surface area contributed by atoms with Crippen LogP contribution in [-0.2, 0) is 6.42 Å². The van der Waals surface area contributed by atoms with Crippen LogP contribution < -0.4 is 10.6 Å². The minimum atomic E-state index is 0.0900. The van der Waals surface area contributed by atoms with Crippen molar-refractivity contribution >= 4 is 11.6 Å². The summed E-state index contributed by atoms with van der Waals surface area (Å²) in [5.41, 5.74) is 3.15. The van der Waals surface area contributed by atoms with Crippen LogP contribution in [0.15, 0.2) is 18.2 Å². The minimum absolute atomic E-state index is 0.0900. The number of rotatable bonds is 2. The third-order valence-electron chi connectivity index (χ3n) is 5.34. The molecule has 1 saturated carbocycles. The van der Waals surface area contributed by atoms with E-state index in [2.05, 4.69) is 30.5 Å². The lowest BCUT2D eigenvalue weighted by atomic mass is 9.78. The highest BCUT2D eigenvalue weighted by atomic mass is 16.1. The summed E-state index contributed by atoms with van der Waals surface area (Å²) in [7, 11) is 0. The largest absolute Gasteiger partial charge is 0.384 e. The van der Waals surface area contributed by atoms with Gasteiger partial charge in [0.1, 0.15) is 0 Å². The second-order valence-electron chi connectivity index (χ2n) is 6.72. The number of carbonyl (C=O) groups is 1. The first-order valence-electron chi connectivity index (χ1n) is 8.33. The highest BCUT2D eigenvalue weighted by Gasteiger charge is 2.29. The van der Waals surface area contributed by atoms with E-state index in [1.165, 1.54) is 18.4 Å². The van der Waals surface area contributed by atoms with E-state index in [1.807, 2.05) is 12.1 Å². The SMILES string of the molecule is CC1CCCC(NC(=O)c2cccc3c2NCCC3)C1C. The molecule has 3 atom stereocenters. The Balaban J connectivity index is 1.76. The zero-order valence-electron chi connectivity index (χ0n) is 13.1. The molecule has 3 heteroatoms. The number of hydrogen-bond donors (Lipinski definition) is 2. The Morgan fingerprint density at radius 3 is 2.95 bits per heavy atom. The maximum absolute atomic E-state index is 12.7. The van der Waals surface area contributed by atoms with Crippen molar-refractivity contribution in [3.8, 4) is 0 Å². The van der Waals surface area contributed by atoms with E-state index in [4.69, 9.17) is 0 Å². The van der Waals surface area contributed by atoms with Gasteiger partial charge in [-0.3, -0.25) is 4.79 Å². The number of nitrogens with one attached hydrogen (secondary N) is 2. The van der Waals surface area contributed by atoms with E-state index in [0.29, 0.717) is 17.9 Å². The van der Waals surface area contributed by atoms with Crippen LogP contribution in [0.2, 0.25) is 0 Å². The maximum atomic E-state index is 12.7. The molecule has 2 aliphatic rings. The molecular weight excluding hydrogens is 260 g/mol. The molecule has 1 aromatic carbocycles. The van der Waals surface area contributed by atoms with Crippen molar-refractivity contribution in [2.75, 3.05) is 11.9 Å². The van der Waals surface area contributed by atoms with Gasteiger partial charge in [0.25, 0.3) is 5.91 Å². The molecule has 114 valence electrons. The summed E-state index contributed by atoms with van der Waals surface area (Å²) in [6, 6.07) is 6.40. The first-order valence-corrected chi connectivity index (χ1v) is 8.33. The average Bonchev–Trinajstić information content (AvgIpc) is 2.51. The molecule has 0 bridgehead atoms. The first kappa shape index (κ1) is 14.4. The van der Waals surface area contributed by atoms with Gasteiger partial charge in [0, 0.05) is 12.6 Å². The molecule has 1 aliphatic heterocycles. The molecule has 21 heavy (non-hydrogen) atoms. The van der Waals surface area contributed by atoms with Gasteiger partial charge in [-0.15, -0.1) is 0 Å². The van der Waals surface area contributed by atoms with Crippen LogP contribution in [0.5, 0.6) is 0 Å². The van der Waals surface area contributed by atoms with Gasteiger partial charge in [-0.2, -0.15) is 0 Å². The van der Waals surface area contributed by atoms with Crippen molar-refractivity contribution in [3.63, 3.8) is 0 Å². The summed E-state index contributed by atoms with van der Waals surface area (Å²) in [6.45, 7) is 5.54. The van der Waals surface area contributed by atoms with Gasteiger partial charge in [-0.25, -0.2) is 0 Å². The average molecular weight is 286 g/mol. The van der Waals surface area contributed by atoms with Gasteiger partial charge in [0.2, 0.25) is 0 Å². The lowest BCUT2D eigenvalue weighted by molar-refractivity contribution is 0.0891. The fourth-order valence-corrected chi connectivity index (χ4v) is 3.73. The lowest BCUT2D eigenvalue weighted by Crippen LogP contribution is -2.44. The van der Waals surface area contributed by atoms with Gasteiger partial charge in [-0.05, 0) is 42.7 Å². The predicted molar refractivity (Wildman–Crippen MR) is 86.7 cm³/mol. The molecule has 0 spiro atoms. The van der Waals surface area contributed by atoms with Crippen LogP contribution in [0.4, 0.5) is 5.69 Å². The summed E-state index contributed by atoms with van der Waals surface area (Å²) in [6.07, 6.45) is 5.84. The van der Waals surface area contributed by atoms with Gasteiger partial charge in [-0.1, -0.05) is 38.8 Å². The van der Waals surface area contributed by atoms with Crippen molar-refractivity contribution < 1.29 is 4.79 Å². The molecule has 3 unspecified atom stereocenters. The second-order valence-corrected chi connectivity index (χ2v) is 6.72. The van der Waals surface area contributed by atoms with E-state index in [-0.39, 0.29) is 5.91 Å². The number of para-hydroxylation sites is 1. The zero-order chi connectivity index (χ0) is 14.8. The van der Waals surface area contributed by atoms with E-state index >= 15 is 0 Å². The molecule has 0 saturated heterocycles. The van der Waals surface area contributed by atoms with Crippen molar-refractivity contribution in [1.82, 2.24) is 5.32 Å². The maximum Gasteiger partial charge on any atom is 0.253 e. The van der Waals surface area contributed by atoms with E-state index < -0.39 is 0 Å². The van der Waals surface area contributed by atoms with Gasteiger partial charge in [0.15, 0.2) is 0 Å². The van der Waals surface area contributed by atoms with Gasteiger partial charge in [0.05, 0.1) is 11.3 Å². The molecular formula is C18H26N2O. The number of anilines is 1. The van der Waals surface area contributed by atoms with Crippen LogP contribution >= 0.6 is 0 Å². The van der Waals surface area contributed by atoms with Crippen molar-refractivity contribution in [2.45, 2.75) is 52.0 Å². The summed E-state index contributed by atoms with van der Waals surface area (Å²) in [5.74, 6) is 1.36. The predicted octanol–water partition coefficient (Wildman–Crippen LogP) is 3.60.